The SMILES string of the molecule is C=C(c1ccccc1C)c1sc2ccccc2c1-c1ccc(CCCCN2CCC2)cc1. The number of unbranched alkanes of at least 4 members (excludes halogenated alkanes) is 1. The van der Waals surface area contributed by atoms with Gasteiger partial charge >= 0.3 is 0 Å². The molecule has 0 atom stereocenters. The molecule has 3 aromatic carbocycles. The number of rotatable bonds is 8. The maximum absolute atomic E-state index is 4.54. The quantitative estimate of drug-likeness (QED) is 0.253. The molecule has 1 aliphatic heterocycles. The van der Waals surface area contributed by atoms with Crippen LogP contribution < -0.4 is 0 Å². The molecule has 0 amide bonds. The lowest BCUT2D eigenvalue weighted by Gasteiger charge is -2.30. The van der Waals surface area contributed by atoms with E-state index in [9.17, 15) is 0 Å². The number of hydrogen-bond donors (Lipinski definition) is 0. The van der Waals surface area contributed by atoms with E-state index < -0.39 is 0 Å². The van der Waals surface area contributed by atoms with Crippen molar-refractivity contribution >= 4 is 27.0 Å². The molecule has 0 bridgehead atoms. The van der Waals surface area contributed by atoms with Crippen LogP contribution in [0.3, 0.4) is 0 Å². The summed E-state index contributed by atoms with van der Waals surface area (Å²) in [5.41, 5.74) is 7.68. The molecule has 2 heterocycles. The molecular weight excluding hydrogens is 406 g/mol. The van der Waals surface area contributed by atoms with Crippen LogP contribution in [-0.4, -0.2) is 24.5 Å². The predicted molar refractivity (Wildman–Crippen MR) is 141 cm³/mol. The molecule has 162 valence electrons. The molecule has 4 aromatic rings. The van der Waals surface area contributed by atoms with Crippen molar-refractivity contribution in [3.63, 3.8) is 0 Å². The van der Waals surface area contributed by atoms with Crippen LogP contribution in [0.5, 0.6) is 0 Å². The fourth-order valence-electron chi connectivity index (χ4n) is 4.69. The van der Waals surface area contributed by atoms with Crippen molar-refractivity contribution in [3.8, 4) is 11.1 Å². The molecule has 1 saturated heterocycles. The molecule has 1 fully saturated rings. The Labute approximate surface area is 196 Å². The summed E-state index contributed by atoms with van der Waals surface area (Å²) in [6.45, 7) is 10.6. The van der Waals surface area contributed by atoms with Crippen molar-refractivity contribution in [2.75, 3.05) is 19.6 Å². The number of benzene rings is 3. The Bertz CT molecular complexity index is 1230. The third-order valence-electron chi connectivity index (χ3n) is 6.72. The van der Waals surface area contributed by atoms with Crippen LogP contribution in [-0.2, 0) is 6.42 Å². The van der Waals surface area contributed by atoms with Gasteiger partial charge in [0.2, 0.25) is 0 Å². The van der Waals surface area contributed by atoms with Crippen LogP contribution >= 0.6 is 11.3 Å². The summed E-state index contributed by atoms with van der Waals surface area (Å²) in [6.07, 6.45) is 5.13. The Hall–Kier alpha value is -2.68. The van der Waals surface area contributed by atoms with Gasteiger partial charge in [-0.25, -0.2) is 0 Å². The number of hydrogen-bond acceptors (Lipinski definition) is 2. The van der Waals surface area contributed by atoms with Gasteiger partial charge in [0.05, 0.1) is 0 Å². The van der Waals surface area contributed by atoms with Crippen LogP contribution in [0.4, 0.5) is 0 Å². The number of aryl methyl sites for hydroxylation is 2. The first-order valence-corrected chi connectivity index (χ1v) is 12.6. The molecule has 5 rings (SSSR count). The van der Waals surface area contributed by atoms with Crippen molar-refractivity contribution in [2.24, 2.45) is 0 Å². The van der Waals surface area contributed by atoms with E-state index in [4.69, 9.17) is 0 Å². The van der Waals surface area contributed by atoms with Gasteiger partial charge in [-0.15, -0.1) is 11.3 Å². The van der Waals surface area contributed by atoms with Crippen LogP contribution in [0.1, 0.15) is 40.8 Å². The molecule has 0 aliphatic carbocycles. The molecule has 1 aliphatic rings. The van der Waals surface area contributed by atoms with E-state index in [-0.39, 0.29) is 0 Å². The highest BCUT2D eigenvalue weighted by atomic mass is 32.1. The lowest BCUT2D eigenvalue weighted by Crippen LogP contribution is -2.37. The monoisotopic (exact) mass is 437 g/mol. The van der Waals surface area contributed by atoms with Gasteiger partial charge in [0.25, 0.3) is 0 Å². The minimum absolute atomic E-state index is 1.12. The maximum Gasteiger partial charge on any atom is 0.0433 e. The minimum Gasteiger partial charge on any atom is -0.303 e. The average molecular weight is 438 g/mol. The Morgan fingerprint density at radius 2 is 1.66 bits per heavy atom. The van der Waals surface area contributed by atoms with Gasteiger partial charge in [0, 0.05) is 20.5 Å². The molecule has 0 saturated carbocycles. The molecule has 0 unspecified atom stereocenters. The lowest BCUT2D eigenvalue weighted by molar-refractivity contribution is 0.178. The second-order valence-corrected chi connectivity index (χ2v) is 10.00. The highest BCUT2D eigenvalue weighted by Gasteiger charge is 2.18. The molecule has 2 heteroatoms. The standard InChI is InChI=1S/C30H31NS/c1-22-10-3-4-12-26(22)23(2)30-29(27-13-5-6-14-28(27)32-30)25-17-15-24(16-18-25)11-7-8-19-31-20-9-21-31/h3-6,10,12-18H,2,7-9,11,19-21H2,1H3. The summed E-state index contributed by atoms with van der Waals surface area (Å²) in [6, 6.07) is 26.6. The van der Waals surface area contributed by atoms with E-state index in [0.29, 0.717) is 0 Å². The summed E-state index contributed by atoms with van der Waals surface area (Å²) < 4.78 is 1.32. The van der Waals surface area contributed by atoms with E-state index in [1.54, 1.807) is 0 Å². The number of fused-ring (bicyclic) bond motifs is 1. The summed E-state index contributed by atoms with van der Waals surface area (Å²) >= 11 is 1.86. The first kappa shape index (κ1) is 21.2. The van der Waals surface area contributed by atoms with Gasteiger partial charge in [-0.05, 0) is 86.1 Å². The van der Waals surface area contributed by atoms with Crippen LogP contribution in [0, 0.1) is 6.92 Å². The van der Waals surface area contributed by atoms with Gasteiger partial charge in [0.15, 0.2) is 0 Å². The second-order valence-electron chi connectivity index (χ2n) is 8.95. The van der Waals surface area contributed by atoms with Crippen LogP contribution in [0.25, 0.3) is 26.8 Å². The highest BCUT2D eigenvalue weighted by Crippen LogP contribution is 2.44. The molecule has 1 aromatic heterocycles. The molecule has 1 nitrogen and oxygen atoms in total. The molecule has 32 heavy (non-hydrogen) atoms. The normalized spacial score (nSPS) is 13.9. The highest BCUT2D eigenvalue weighted by molar-refractivity contribution is 7.20. The van der Waals surface area contributed by atoms with Crippen molar-refractivity contribution < 1.29 is 0 Å². The Balaban J connectivity index is 1.42. The summed E-state index contributed by atoms with van der Waals surface area (Å²) in [4.78, 5) is 3.84. The molecule has 0 N–H and O–H groups in total. The van der Waals surface area contributed by atoms with Gasteiger partial charge in [0.1, 0.15) is 0 Å². The molecule has 0 spiro atoms. The third-order valence-corrected chi connectivity index (χ3v) is 7.95. The fraction of sp³-hybridized carbons (Fsp3) is 0.267. The van der Waals surface area contributed by atoms with Crippen LogP contribution in [0.15, 0.2) is 79.4 Å². The lowest BCUT2D eigenvalue weighted by atomic mass is 9.93. The Morgan fingerprint density at radius 1 is 0.906 bits per heavy atom. The number of nitrogens with zero attached hydrogens (tertiary/aromatic N) is 1. The Morgan fingerprint density at radius 3 is 2.41 bits per heavy atom. The summed E-state index contributed by atoms with van der Waals surface area (Å²) in [7, 11) is 0. The van der Waals surface area contributed by atoms with Crippen molar-refractivity contribution in [1.29, 1.82) is 0 Å². The number of thiophene rings is 1. The summed E-state index contributed by atoms with van der Waals surface area (Å²) in [5, 5.41) is 1.32. The second kappa shape index (κ2) is 9.44. The fourth-order valence-corrected chi connectivity index (χ4v) is 5.90. The molecule has 0 radical (unpaired) electrons. The largest absolute Gasteiger partial charge is 0.303 e. The van der Waals surface area contributed by atoms with E-state index in [1.807, 2.05) is 11.3 Å². The van der Waals surface area contributed by atoms with Gasteiger partial charge < -0.3 is 4.90 Å². The zero-order chi connectivity index (χ0) is 21.9. The van der Waals surface area contributed by atoms with Crippen molar-refractivity contribution in [2.45, 2.75) is 32.6 Å². The first-order chi connectivity index (χ1) is 15.7. The minimum atomic E-state index is 1.12. The van der Waals surface area contributed by atoms with Crippen molar-refractivity contribution in [3.05, 3.63) is 101 Å². The van der Waals surface area contributed by atoms with E-state index in [2.05, 4.69) is 91.2 Å². The van der Waals surface area contributed by atoms with Crippen LogP contribution in [0.2, 0.25) is 0 Å². The topological polar surface area (TPSA) is 3.24 Å². The smallest absolute Gasteiger partial charge is 0.0433 e. The zero-order valence-electron chi connectivity index (χ0n) is 18.9. The first-order valence-electron chi connectivity index (χ1n) is 11.8. The van der Waals surface area contributed by atoms with Gasteiger partial charge in [-0.1, -0.05) is 73.3 Å². The van der Waals surface area contributed by atoms with Gasteiger partial charge in [-0.3, -0.25) is 0 Å². The van der Waals surface area contributed by atoms with E-state index >= 15 is 0 Å². The summed E-state index contributed by atoms with van der Waals surface area (Å²) in [5.74, 6) is 0. The Kier molecular flexibility index (Phi) is 6.25. The van der Waals surface area contributed by atoms with E-state index in [0.717, 1.165) is 5.57 Å². The third kappa shape index (κ3) is 4.30. The predicted octanol–water partition coefficient (Wildman–Crippen LogP) is 7.97. The average Bonchev–Trinajstić information content (AvgIpc) is 3.18. The van der Waals surface area contributed by atoms with Gasteiger partial charge in [-0.2, -0.15) is 0 Å². The van der Waals surface area contributed by atoms with Crippen molar-refractivity contribution in [1.82, 2.24) is 4.90 Å². The van der Waals surface area contributed by atoms with E-state index in [1.165, 1.54) is 88.1 Å². The molecular formula is C30H31NS. The maximum atomic E-state index is 4.54. The number of likely N-dealkylation sites (tertiary alicyclic amines) is 1. The zero-order valence-corrected chi connectivity index (χ0v) is 19.8.